The quantitative estimate of drug-likeness (QED) is 0.803. The van der Waals surface area contributed by atoms with Gasteiger partial charge in [0.25, 0.3) is 0 Å². The Kier molecular flexibility index (Phi) is 5.84. The molecule has 92 valence electrons. The van der Waals surface area contributed by atoms with Crippen LogP contribution in [0.2, 0.25) is 5.02 Å². The van der Waals surface area contributed by atoms with Crippen LogP contribution in [0.4, 0.5) is 0 Å². The maximum Gasteiger partial charge on any atom is 0.104 e. The first-order valence-corrected chi connectivity index (χ1v) is 7.06. The van der Waals surface area contributed by atoms with Crippen molar-refractivity contribution < 1.29 is 0 Å². The van der Waals surface area contributed by atoms with Gasteiger partial charge in [-0.3, -0.25) is 0 Å². The molecular formula is C13H17ClN2S. The van der Waals surface area contributed by atoms with Crippen LogP contribution in [0.15, 0.2) is 24.3 Å². The lowest BCUT2D eigenvalue weighted by molar-refractivity contribution is 0.479. The molecule has 1 rings (SSSR count). The summed E-state index contributed by atoms with van der Waals surface area (Å²) in [7, 11) is 1.82. The lowest BCUT2D eigenvalue weighted by atomic mass is 10.0. The lowest BCUT2D eigenvalue weighted by Crippen LogP contribution is -2.38. The molecule has 0 saturated carbocycles. The molecule has 1 unspecified atom stereocenters. The Hall–Kier alpha value is -0.690. The lowest BCUT2D eigenvalue weighted by Gasteiger charge is -2.20. The number of hydrogen-bond donors (Lipinski definition) is 1. The van der Waals surface area contributed by atoms with Gasteiger partial charge < -0.3 is 5.32 Å². The van der Waals surface area contributed by atoms with E-state index in [-0.39, 0.29) is 0 Å². The first-order valence-electron chi connectivity index (χ1n) is 5.52. The Morgan fingerprint density at radius 3 is 2.76 bits per heavy atom. The van der Waals surface area contributed by atoms with Crippen LogP contribution >= 0.6 is 23.4 Å². The minimum Gasteiger partial charge on any atom is -0.303 e. The number of halogens is 1. The van der Waals surface area contributed by atoms with Gasteiger partial charge >= 0.3 is 0 Å². The molecule has 0 amide bonds. The molecule has 1 N–H and O–H groups in total. The van der Waals surface area contributed by atoms with Crippen molar-refractivity contribution in [3.63, 3.8) is 0 Å². The monoisotopic (exact) mass is 268 g/mol. The molecule has 0 radical (unpaired) electrons. The van der Waals surface area contributed by atoms with Crippen molar-refractivity contribution in [2.24, 2.45) is 0 Å². The van der Waals surface area contributed by atoms with Crippen LogP contribution in [0, 0.1) is 11.3 Å². The largest absolute Gasteiger partial charge is 0.303 e. The molecule has 0 aliphatic rings. The molecule has 1 aromatic rings. The fourth-order valence-corrected chi connectivity index (χ4v) is 2.76. The summed E-state index contributed by atoms with van der Waals surface area (Å²) in [6.45, 7) is 1.92. The van der Waals surface area contributed by atoms with Gasteiger partial charge in [0.05, 0.1) is 6.07 Å². The van der Waals surface area contributed by atoms with Crippen molar-refractivity contribution >= 4 is 23.4 Å². The van der Waals surface area contributed by atoms with E-state index in [1.54, 1.807) is 11.8 Å². The van der Waals surface area contributed by atoms with E-state index in [1.807, 2.05) is 38.2 Å². The average molecular weight is 269 g/mol. The highest BCUT2D eigenvalue weighted by Crippen LogP contribution is 2.22. The van der Waals surface area contributed by atoms with Crippen LogP contribution < -0.4 is 5.32 Å². The molecule has 0 heterocycles. The third-order valence-electron chi connectivity index (χ3n) is 2.76. The van der Waals surface area contributed by atoms with Crippen LogP contribution in [-0.4, -0.2) is 18.3 Å². The van der Waals surface area contributed by atoms with Crippen LogP contribution in [-0.2, 0) is 5.75 Å². The zero-order valence-corrected chi connectivity index (χ0v) is 11.7. The molecule has 1 atom stereocenters. The molecule has 4 heteroatoms. The molecule has 0 saturated heterocycles. The van der Waals surface area contributed by atoms with Gasteiger partial charge in [-0.05, 0) is 37.8 Å². The number of benzene rings is 1. The summed E-state index contributed by atoms with van der Waals surface area (Å²) in [5.41, 5.74) is 0.732. The molecule has 0 fully saturated rings. The standard InChI is InChI=1S/C13H17ClN2S/c1-13(10-15,16-2)7-8-17-9-11-5-3-4-6-12(11)14/h3-6,16H,7-9H2,1-2H3. The van der Waals surface area contributed by atoms with E-state index in [4.69, 9.17) is 16.9 Å². The maximum atomic E-state index is 9.00. The van der Waals surface area contributed by atoms with Crippen LogP contribution in [0.25, 0.3) is 0 Å². The number of thioether (sulfide) groups is 1. The number of nitriles is 1. The Morgan fingerprint density at radius 1 is 1.47 bits per heavy atom. The number of nitrogens with zero attached hydrogens (tertiary/aromatic N) is 1. The highest BCUT2D eigenvalue weighted by Gasteiger charge is 2.20. The van der Waals surface area contributed by atoms with Gasteiger partial charge in [0.2, 0.25) is 0 Å². The first kappa shape index (κ1) is 14.4. The van der Waals surface area contributed by atoms with Gasteiger partial charge in [0.15, 0.2) is 0 Å². The van der Waals surface area contributed by atoms with Crippen molar-refractivity contribution in [3.05, 3.63) is 34.9 Å². The third-order valence-corrected chi connectivity index (χ3v) is 4.14. The molecule has 0 bridgehead atoms. The number of rotatable bonds is 6. The number of hydrogen-bond acceptors (Lipinski definition) is 3. The Morgan fingerprint density at radius 2 is 2.18 bits per heavy atom. The van der Waals surface area contributed by atoms with Crippen LogP contribution in [0.3, 0.4) is 0 Å². The van der Waals surface area contributed by atoms with Crippen LogP contribution in [0.1, 0.15) is 18.9 Å². The molecular weight excluding hydrogens is 252 g/mol. The normalized spacial score (nSPS) is 14.0. The Balaban J connectivity index is 2.35. The summed E-state index contributed by atoms with van der Waals surface area (Å²) in [5, 5.41) is 12.9. The highest BCUT2D eigenvalue weighted by molar-refractivity contribution is 7.98. The fraction of sp³-hybridized carbons (Fsp3) is 0.462. The summed E-state index contributed by atoms with van der Waals surface area (Å²) in [5.74, 6) is 1.83. The Labute approximate surface area is 112 Å². The van der Waals surface area contributed by atoms with Gasteiger partial charge in [0, 0.05) is 10.8 Å². The van der Waals surface area contributed by atoms with Gasteiger partial charge in [-0.1, -0.05) is 29.8 Å². The van der Waals surface area contributed by atoms with E-state index in [9.17, 15) is 0 Å². The molecule has 17 heavy (non-hydrogen) atoms. The molecule has 2 nitrogen and oxygen atoms in total. The van der Waals surface area contributed by atoms with Crippen LogP contribution in [0.5, 0.6) is 0 Å². The molecule has 0 spiro atoms. The fourth-order valence-electron chi connectivity index (χ4n) is 1.31. The molecule has 0 aliphatic heterocycles. The SMILES string of the molecule is CNC(C)(C#N)CCSCc1ccccc1Cl. The maximum absolute atomic E-state index is 9.00. The van der Waals surface area contributed by atoms with Crippen molar-refractivity contribution in [1.82, 2.24) is 5.32 Å². The zero-order chi connectivity index (χ0) is 12.7. The molecule has 0 aromatic heterocycles. The van der Waals surface area contributed by atoms with E-state index < -0.39 is 5.54 Å². The Bertz CT molecular complexity index is 403. The van der Waals surface area contributed by atoms with E-state index in [2.05, 4.69) is 11.4 Å². The zero-order valence-electron chi connectivity index (χ0n) is 10.2. The van der Waals surface area contributed by atoms with E-state index in [1.165, 1.54) is 0 Å². The van der Waals surface area contributed by atoms with Crippen molar-refractivity contribution in [2.45, 2.75) is 24.6 Å². The summed E-state index contributed by atoms with van der Waals surface area (Å²) in [6, 6.07) is 10.2. The second-order valence-corrected chi connectivity index (χ2v) is 5.60. The average Bonchev–Trinajstić information content (AvgIpc) is 2.36. The van der Waals surface area contributed by atoms with Crippen molar-refractivity contribution in [1.29, 1.82) is 5.26 Å². The van der Waals surface area contributed by atoms with Crippen molar-refractivity contribution in [3.8, 4) is 6.07 Å². The number of nitrogens with one attached hydrogen (secondary N) is 1. The molecule has 1 aromatic carbocycles. The highest BCUT2D eigenvalue weighted by atomic mass is 35.5. The van der Waals surface area contributed by atoms with Gasteiger partial charge in [-0.25, -0.2) is 0 Å². The van der Waals surface area contributed by atoms with E-state index >= 15 is 0 Å². The smallest absolute Gasteiger partial charge is 0.104 e. The summed E-state index contributed by atoms with van der Waals surface area (Å²) in [6.07, 6.45) is 0.828. The second-order valence-electron chi connectivity index (χ2n) is 4.09. The predicted molar refractivity (Wildman–Crippen MR) is 75.3 cm³/mol. The predicted octanol–water partition coefficient (Wildman–Crippen LogP) is 3.46. The minimum atomic E-state index is -0.423. The summed E-state index contributed by atoms with van der Waals surface area (Å²) >= 11 is 7.87. The van der Waals surface area contributed by atoms with E-state index in [0.717, 1.165) is 28.5 Å². The topological polar surface area (TPSA) is 35.8 Å². The van der Waals surface area contributed by atoms with E-state index in [0.29, 0.717) is 0 Å². The minimum absolute atomic E-state index is 0.423. The first-order chi connectivity index (χ1) is 8.11. The summed E-state index contributed by atoms with van der Waals surface area (Å²) < 4.78 is 0. The molecule has 0 aliphatic carbocycles. The van der Waals surface area contributed by atoms with Gasteiger partial charge in [-0.15, -0.1) is 0 Å². The summed E-state index contributed by atoms with van der Waals surface area (Å²) in [4.78, 5) is 0. The second kappa shape index (κ2) is 6.90. The van der Waals surface area contributed by atoms with Gasteiger partial charge in [0.1, 0.15) is 5.54 Å². The third kappa shape index (κ3) is 4.59. The van der Waals surface area contributed by atoms with Crippen molar-refractivity contribution in [2.75, 3.05) is 12.8 Å². The van der Waals surface area contributed by atoms with Gasteiger partial charge in [-0.2, -0.15) is 17.0 Å².